The second-order valence-corrected chi connectivity index (χ2v) is 5.38. The van der Waals surface area contributed by atoms with Crippen LogP contribution in [0.3, 0.4) is 0 Å². The molecule has 2 aromatic rings. The Labute approximate surface area is 123 Å². The number of rotatable bonds is 2. The molecule has 4 nitrogen and oxygen atoms in total. The van der Waals surface area contributed by atoms with E-state index in [4.69, 9.17) is 4.74 Å². The zero-order valence-electron chi connectivity index (χ0n) is 12.1. The van der Waals surface area contributed by atoms with Crippen LogP contribution in [0.1, 0.15) is 12.0 Å². The van der Waals surface area contributed by atoms with Gasteiger partial charge in [0.05, 0.1) is 18.7 Å². The predicted octanol–water partition coefficient (Wildman–Crippen LogP) is 2.67. The van der Waals surface area contributed by atoms with E-state index in [0.29, 0.717) is 6.54 Å². The van der Waals surface area contributed by atoms with Crippen LogP contribution in [-0.2, 0) is 14.3 Å². The number of anilines is 1. The molecule has 1 amide bonds. The van der Waals surface area contributed by atoms with Crippen molar-refractivity contribution in [3.63, 3.8) is 0 Å². The number of benzene rings is 2. The number of carbonyl (C=O) groups excluding carboxylic acids is 2. The molecule has 0 spiro atoms. The van der Waals surface area contributed by atoms with Gasteiger partial charge in [-0.05, 0) is 17.9 Å². The lowest BCUT2D eigenvalue weighted by molar-refractivity contribution is -0.145. The van der Waals surface area contributed by atoms with E-state index in [1.54, 1.807) is 4.90 Å². The lowest BCUT2D eigenvalue weighted by atomic mass is 10.0. The van der Waals surface area contributed by atoms with Gasteiger partial charge in [-0.2, -0.15) is 0 Å². The number of esters is 1. The van der Waals surface area contributed by atoms with Crippen molar-refractivity contribution < 1.29 is 14.3 Å². The summed E-state index contributed by atoms with van der Waals surface area (Å²) < 4.78 is 4.77. The number of fused-ring (bicyclic) bond motifs is 1. The maximum Gasteiger partial charge on any atom is 0.311 e. The highest BCUT2D eigenvalue weighted by Crippen LogP contribution is 2.34. The van der Waals surface area contributed by atoms with Gasteiger partial charge in [0, 0.05) is 18.4 Å². The fourth-order valence-corrected chi connectivity index (χ4v) is 2.97. The molecule has 4 heteroatoms. The van der Waals surface area contributed by atoms with Crippen LogP contribution in [0.5, 0.6) is 0 Å². The average molecular weight is 283 g/mol. The molecule has 0 saturated carbocycles. The molecular weight excluding hydrogens is 266 g/mol. The highest BCUT2D eigenvalue weighted by Gasteiger charge is 2.36. The molecule has 1 aliphatic heterocycles. The SMILES string of the molecule is COC(=O)C1CC(=O)N(c2c(C)ccc3ccccc23)C1. The largest absolute Gasteiger partial charge is 0.469 e. The van der Waals surface area contributed by atoms with Gasteiger partial charge in [-0.1, -0.05) is 36.4 Å². The first-order chi connectivity index (χ1) is 10.1. The summed E-state index contributed by atoms with van der Waals surface area (Å²) in [6, 6.07) is 12.0. The molecular formula is C17H17NO3. The molecule has 3 rings (SSSR count). The predicted molar refractivity (Wildman–Crippen MR) is 81.2 cm³/mol. The maximum absolute atomic E-state index is 12.3. The summed E-state index contributed by atoms with van der Waals surface area (Å²) >= 11 is 0. The third-order valence-electron chi connectivity index (χ3n) is 4.03. The Balaban J connectivity index is 2.07. The van der Waals surface area contributed by atoms with E-state index in [-0.39, 0.29) is 24.2 Å². The van der Waals surface area contributed by atoms with Crippen molar-refractivity contribution in [1.82, 2.24) is 0 Å². The lowest BCUT2D eigenvalue weighted by Crippen LogP contribution is -2.27. The number of hydrogen-bond acceptors (Lipinski definition) is 3. The van der Waals surface area contributed by atoms with Crippen LogP contribution in [0.15, 0.2) is 36.4 Å². The zero-order chi connectivity index (χ0) is 15.0. The van der Waals surface area contributed by atoms with Crippen molar-refractivity contribution in [3.05, 3.63) is 42.0 Å². The van der Waals surface area contributed by atoms with E-state index in [1.807, 2.05) is 43.3 Å². The summed E-state index contributed by atoms with van der Waals surface area (Å²) in [6.07, 6.45) is 0.218. The van der Waals surface area contributed by atoms with Crippen molar-refractivity contribution in [2.24, 2.45) is 5.92 Å². The maximum atomic E-state index is 12.3. The van der Waals surface area contributed by atoms with Crippen molar-refractivity contribution in [1.29, 1.82) is 0 Å². The first-order valence-electron chi connectivity index (χ1n) is 6.98. The molecule has 1 unspecified atom stereocenters. The molecule has 0 radical (unpaired) electrons. The Morgan fingerprint density at radius 2 is 2.00 bits per heavy atom. The number of aryl methyl sites for hydroxylation is 1. The summed E-state index contributed by atoms with van der Waals surface area (Å²) in [4.78, 5) is 25.7. The highest BCUT2D eigenvalue weighted by atomic mass is 16.5. The standard InChI is InChI=1S/C17H17NO3/c1-11-7-8-12-5-3-4-6-14(12)16(11)18-10-13(9-15(18)19)17(20)21-2/h3-8,13H,9-10H2,1-2H3. The van der Waals surface area contributed by atoms with Gasteiger partial charge in [-0.15, -0.1) is 0 Å². The van der Waals surface area contributed by atoms with Crippen molar-refractivity contribution in [2.45, 2.75) is 13.3 Å². The van der Waals surface area contributed by atoms with Crippen molar-refractivity contribution >= 4 is 28.3 Å². The third-order valence-corrected chi connectivity index (χ3v) is 4.03. The normalized spacial score (nSPS) is 18.3. The minimum absolute atomic E-state index is 0.0233. The first kappa shape index (κ1) is 13.6. The van der Waals surface area contributed by atoms with Crippen LogP contribution < -0.4 is 4.90 Å². The lowest BCUT2D eigenvalue weighted by Gasteiger charge is -2.21. The second kappa shape index (κ2) is 5.20. The Hall–Kier alpha value is -2.36. The summed E-state index contributed by atoms with van der Waals surface area (Å²) in [5.41, 5.74) is 1.94. The monoisotopic (exact) mass is 283 g/mol. The molecule has 1 heterocycles. The quantitative estimate of drug-likeness (QED) is 0.796. The van der Waals surface area contributed by atoms with Gasteiger partial charge in [0.2, 0.25) is 5.91 Å². The number of hydrogen-bond donors (Lipinski definition) is 0. The molecule has 0 bridgehead atoms. The first-order valence-corrected chi connectivity index (χ1v) is 6.98. The van der Waals surface area contributed by atoms with E-state index in [9.17, 15) is 9.59 Å². The van der Waals surface area contributed by atoms with Crippen LogP contribution >= 0.6 is 0 Å². The van der Waals surface area contributed by atoms with Crippen LogP contribution in [0.25, 0.3) is 10.8 Å². The number of methoxy groups -OCH3 is 1. The van der Waals surface area contributed by atoms with Crippen molar-refractivity contribution in [3.8, 4) is 0 Å². The van der Waals surface area contributed by atoms with Gasteiger partial charge in [0.15, 0.2) is 0 Å². The van der Waals surface area contributed by atoms with E-state index < -0.39 is 0 Å². The number of nitrogens with zero attached hydrogens (tertiary/aromatic N) is 1. The smallest absolute Gasteiger partial charge is 0.311 e. The van der Waals surface area contributed by atoms with E-state index in [2.05, 4.69) is 0 Å². The van der Waals surface area contributed by atoms with Gasteiger partial charge < -0.3 is 9.64 Å². The summed E-state index contributed by atoms with van der Waals surface area (Å²) in [5, 5.41) is 2.13. The van der Waals surface area contributed by atoms with E-state index >= 15 is 0 Å². The van der Waals surface area contributed by atoms with Gasteiger partial charge >= 0.3 is 5.97 Å². The summed E-state index contributed by atoms with van der Waals surface area (Å²) in [6.45, 7) is 2.38. The van der Waals surface area contributed by atoms with Gasteiger partial charge in [-0.25, -0.2) is 0 Å². The number of ether oxygens (including phenoxy) is 1. The van der Waals surface area contributed by atoms with Crippen LogP contribution in [-0.4, -0.2) is 25.5 Å². The minimum Gasteiger partial charge on any atom is -0.469 e. The summed E-state index contributed by atoms with van der Waals surface area (Å²) in [5.74, 6) is -0.713. The van der Waals surface area contributed by atoms with E-state index in [1.165, 1.54) is 7.11 Å². The summed E-state index contributed by atoms with van der Waals surface area (Å²) in [7, 11) is 1.36. The molecule has 1 aliphatic rings. The molecule has 1 atom stereocenters. The van der Waals surface area contributed by atoms with Crippen LogP contribution in [0, 0.1) is 12.8 Å². The molecule has 0 aliphatic carbocycles. The molecule has 21 heavy (non-hydrogen) atoms. The Morgan fingerprint density at radius 1 is 1.24 bits per heavy atom. The Morgan fingerprint density at radius 3 is 2.76 bits per heavy atom. The third kappa shape index (κ3) is 2.27. The van der Waals surface area contributed by atoms with Crippen LogP contribution in [0.2, 0.25) is 0 Å². The molecule has 0 aromatic heterocycles. The Kier molecular flexibility index (Phi) is 3.37. The fourth-order valence-electron chi connectivity index (χ4n) is 2.97. The minimum atomic E-state index is -0.374. The molecule has 2 aromatic carbocycles. The number of carbonyl (C=O) groups is 2. The molecule has 1 fully saturated rings. The zero-order valence-corrected chi connectivity index (χ0v) is 12.1. The average Bonchev–Trinajstić information content (AvgIpc) is 2.88. The molecule has 0 N–H and O–H groups in total. The van der Waals surface area contributed by atoms with Crippen LogP contribution in [0.4, 0.5) is 5.69 Å². The van der Waals surface area contributed by atoms with Gasteiger partial charge in [0.25, 0.3) is 0 Å². The second-order valence-electron chi connectivity index (χ2n) is 5.38. The fraction of sp³-hybridized carbons (Fsp3) is 0.294. The highest BCUT2D eigenvalue weighted by molar-refractivity contribution is 6.07. The Bertz CT molecular complexity index is 723. The van der Waals surface area contributed by atoms with Gasteiger partial charge in [0.1, 0.15) is 0 Å². The molecule has 108 valence electrons. The topological polar surface area (TPSA) is 46.6 Å². The van der Waals surface area contributed by atoms with E-state index in [0.717, 1.165) is 22.0 Å². The molecule has 1 saturated heterocycles. The number of amides is 1. The van der Waals surface area contributed by atoms with Gasteiger partial charge in [-0.3, -0.25) is 9.59 Å². The van der Waals surface area contributed by atoms with Crippen molar-refractivity contribution in [2.75, 3.05) is 18.6 Å².